The van der Waals surface area contributed by atoms with Crippen molar-refractivity contribution in [3.8, 4) is 0 Å². The Morgan fingerprint density at radius 1 is 0.947 bits per heavy atom. The van der Waals surface area contributed by atoms with Gasteiger partial charge in [-0.15, -0.1) is 0 Å². The maximum atomic E-state index is 13.5. The first-order valence-corrected chi connectivity index (χ1v) is 5.85. The Labute approximate surface area is 114 Å². The molecule has 0 atom stereocenters. The van der Waals surface area contributed by atoms with E-state index in [1.807, 2.05) is 6.08 Å². The van der Waals surface area contributed by atoms with Crippen LogP contribution in [0.25, 0.3) is 5.57 Å². The number of halogens is 1. The summed E-state index contributed by atoms with van der Waals surface area (Å²) in [4.78, 5) is 0. The summed E-state index contributed by atoms with van der Waals surface area (Å²) in [6.07, 6.45) is 8.76. The van der Waals surface area contributed by atoms with Crippen LogP contribution in [-0.4, -0.2) is 0 Å². The van der Waals surface area contributed by atoms with Gasteiger partial charge in [-0.2, -0.15) is 0 Å². The standard InChI is InChI=1S/C18H17F/c1-5-6-9-14(2)15(3)12-13-16(4)17-10-7-8-11-18(17)19/h5-13H,1-4H2/b9-6-,13-12-. The van der Waals surface area contributed by atoms with Gasteiger partial charge in [0.15, 0.2) is 0 Å². The van der Waals surface area contributed by atoms with Gasteiger partial charge in [-0.3, -0.25) is 0 Å². The van der Waals surface area contributed by atoms with E-state index in [2.05, 4.69) is 26.3 Å². The quantitative estimate of drug-likeness (QED) is 0.606. The molecule has 0 aliphatic carbocycles. The lowest BCUT2D eigenvalue weighted by atomic mass is 10.0. The molecule has 1 heteroatoms. The molecule has 0 N–H and O–H groups in total. The third-order valence-electron chi connectivity index (χ3n) is 2.55. The predicted molar refractivity (Wildman–Crippen MR) is 82.2 cm³/mol. The highest BCUT2D eigenvalue weighted by Crippen LogP contribution is 2.19. The first-order valence-electron chi connectivity index (χ1n) is 5.85. The average Bonchev–Trinajstić information content (AvgIpc) is 2.42. The first kappa shape index (κ1) is 14.7. The number of hydrogen-bond acceptors (Lipinski definition) is 0. The average molecular weight is 252 g/mol. The first-order chi connectivity index (χ1) is 9.06. The largest absolute Gasteiger partial charge is 0.206 e. The van der Waals surface area contributed by atoms with Crippen LogP contribution < -0.4 is 0 Å². The zero-order valence-corrected chi connectivity index (χ0v) is 10.9. The molecule has 0 aliphatic heterocycles. The number of benzene rings is 1. The van der Waals surface area contributed by atoms with Crippen LogP contribution in [0, 0.1) is 5.82 Å². The van der Waals surface area contributed by atoms with Crippen molar-refractivity contribution in [3.63, 3.8) is 0 Å². The molecule has 1 aromatic rings. The van der Waals surface area contributed by atoms with E-state index in [1.54, 1.807) is 42.5 Å². The van der Waals surface area contributed by atoms with E-state index in [-0.39, 0.29) is 5.82 Å². The third kappa shape index (κ3) is 4.40. The zero-order valence-electron chi connectivity index (χ0n) is 10.9. The van der Waals surface area contributed by atoms with Gasteiger partial charge in [-0.05, 0) is 22.8 Å². The normalized spacial score (nSPS) is 10.8. The van der Waals surface area contributed by atoms with Gasteiger partial charge in [0.05, 0.1) is 0 Å². The molecule has 1 aromatic carbocycles. The van der Waals surface area contributed by atoms with Crippen molar-refractivity contribution in [1.82, 2.24) is 0 Å². The highest BCUT2D eigenvalue weighted by Gasteiger charge is 2.01. The van der Waals surface area contributed by atoms with Crippen LogP contribution in [0.1, 0.15) is 5.56 Å². The number of rotatable bonds is 6. The SMILES string of the molecule is C=C/C=C\C(=C)C(=C)/C=C\C(=C)c1ccccc1F. The van der Waals surface area contributed by atoms with Crippen molar-refractivity contribution >= 4 is 5.57 Å². The van der Waals surface area contributed by atoms with Crippen LogP contribution in [0.4, 0.5) is 4.39 Å². The molecule has 0 aromatic heterocycles. The number of hydrogen-bond donors (Lipinski definition) is 0. The topological polar surface area (TPSA) is 0 Å². The lowest BCUT2D eigenvalue weighted by molar-refractivity contribution is 0.624. The van der Waals surface area contributed by atoms with Crippen molar-refractivity contribution in [2.45, 2.75) is 0 Å². The molecule has 0 unspecified atom stereocenters. The molecule has 0 spiro atoms. The molecule has 0 radical (unpaired) electrons. The molecule has 0 saturated carbocycles. The molecule has 0 aliphatic rings. The lowest BCUT2D eigenvalue weighted by Gasteiger charge is -2.03. The summed E-state index contributed by atoms with van der Waals surface area (Å²) in [7, 11) is 0. The van der Waals surface area contributed by atoms with Crippen LogP contribution in [-0.2, 0) is 0 Å². The summed E-state index contributed by atoms with van der Waals surface area (Å²) < 4.78 is 13.5. The highest BCUT2D eigenvalue weighted by molar-refractivity contribution is 5.73. The summed E-state index contributed by atoms with van der Waals surface area (Å²) in [6.45, 7) is 15.2. The van der Waals surface area contributed by atoms with E-state index in [0.29, 0.717) is 11.1 Å². The molecule has 0 nitrogen and oxygen atoms in total. The van der Waals surface area contributed by atoms with E-state index >= 15 is 0 Å². The zero-order chi connectivity index (χ0) is 14.3. The van der Waals surface area contributed by atoms with Crippen molar-refractivity contribution < 1.29 is 4.39 Å². The van der Waals surface area contributed by atoms with Gasteiger partial charge in [0, 0.05) is 5.56 Å². The van der Waals surface area contributed by atoms with Crippen LogP contribution >= 0.6 is 0 Å². The van der Waals surface area contributed by atoms with E-state index in [9.17, 15) is 4.39 Å². The maximum absolute atomic E-state index is 13.5. The van der Waals surface area contributed by atoms with E-state index in [0.717, 1.165) is 11.1 Å². The maximum Gasteiger partial charge on any atom is 0.131 e. The molecule has 96 valence electrons. The van der Waals surface area contributed by atoms with Crippen molar-refractivity contribution in [1.29, 1.82) is 0 Å². The van der Waals surface area contributed by atoms with E-state index in [1.165, 1.54) is 6.07 Å². The molecule has 0 saturated heterocycles. The minimum atomic E-state index is -0.284. The Morgan fingerprint density at radius 2 is 1.58 bits per heavy atom. The molecular formula is C18H17F. The lowest BCUT2D eigenvalue weighted by Crippen LogP contribution is -1.86. The summed E-state index contributed by atoms with van der Waals surface area (Å²) in [5.74, 6) is -0.284. The van der Waals surface area contributed by atoms with Crippen molar-refractivity contribution in [2.24, 2.45) is 0 Å². The summed E-state index contributed by atoms with van der Waals surface area (Å²) >= 11 is 0. The molecule has 0 heterocycles. The second-order valence-electron chi connectivity index (χ2n) is 3.98. The fraction of sp³-hybridized carbons (Fsp3) is 0. The molecule has 1 rings (SSSR count). The summed E-state index contributed by atoms with van der Waals surface area (Å²) in [6, 6.07) is 6.53. The highest BCUT2D eigenvalue weighted by atomic mass is 19.1. The van der Waals surface area contributed by atoms with Crippen LogP contribution in [0.5, 0.6) is 0 Å². The van der Waals surface area contributed by atoms with Crippen LogP contribution in [0.2, 0.25) is 0 Å². The van der Waals surface area contributed by atoms with Gasteiger partial charge in [0.25, 0.3) is 0 Å². The second-order valence-corrected chi connectivity index (χ2v) is 3.98. The minimum Gasteiger partial charge on any atom is -0.206 e. The fourth-order valence-corrected chi connectivity index (χ4v) is 1.41. The predicted octanol–water partition coefficient (Wildman–Crippen LogP) is 5.25. The Morgan fingerprint density at radius 3 is 2.21 bits per heavy atom. The summed E-state index contributed by atoms with van der Waals surface area (Å²) in [5, 5.41) is 0. The Balaban J connectivity index is 2.77. The second kappa shape index (κ2) is 7.12. The number of allylic oxidation sites excluding steroid dienone is 8. The van der Waals surface area contributed by atoms with Crippen molar-refractivity contribution in [2.75, 3.05) is 0 Å². The van der Waals surface area contributed by atoms with Crippen molar-refractivity contribution in [3.05, 3.63) is 103 Å². The van der Waals surface area contributed by atoms with Gasteiger partial charge in [-0.1, -0.05) is 74.9 Å². The molecule has 0 fully saturated rings. The van der Waals surface area contributed by atoms with Gasteiger partial charge in [0.2, 0.25) is 0 Å². The van der Waals surface area contributed by atoms with Crippen LogP contribution in [0.3, 0.4) is 0 Å². The Bertz CT molecular complexity index is 571. The molecule has 0 bridgehead atoms. The Kier molecular flexibility index (Phi) is 5.49. The van der Waals surface area contributed by atoms with Gasteiger partial charge < -0.3 is 0 Å². The van der Waals surface area contributed by atoms with Gasteiger partial charge in [0.1, 0.15) is 5.82 Å². The van der Waals surface area contributed by atoms with Crippen LogP contribution in [0.15, 0.2) is 92.1 Å². The molecule has 0 amide bonds. The molecule has 19 heavy (non-hydrogen) atoms. The van der Waals surface area contributed by atoms with E-state index in [4.69, 9.17) is 0 Å². The monoisotopic (exact) mass is 252 g/mol. The smallest absolute Gasteiger partial charge is 0.131 e. The van der Waals surface area contributed by atoms with Gasteiger partial charge >= 0.3 is 0 Å². The molecular weight excluding hydrogens is 235 g/mol. The van der Waals surface area contributed by atoms with E-state index < -0.39 is 0 Å². The fourth-order valence-electron chi connectivity index (χ4n) is 1.41. The Hall–Kier alpha value is -2.41. The van der Waals surface area contributed by atoms with Gasteiger partial charge in [-0.25, -0.2) is 4.39 Å². The minimum absolute atomic E-state index is 0.284. The summed E-state index contributed by atoms with van der Waals surface area (Å²) in [5.41, 5.74) is 2.60. The third-order valence-corrected chi connectivity index (χ3v) is 2.55.